The molecule has 2 aromatic rings. The number of amides is 1. The lowest BCUT2D eigenvalue weighted by molar-refractivity contribution is 0.0977. The summed E-state index contributed by atoms with van der Waals surface area (Å²) in [6.45, 7) is 5.92. The Labute approximate surface area is 149 Å². The van der Waals surface area contributed by atoms with E-state index in [1.54, 1.807) is 0 Å². The fourth-order valence-corrected chi connectivity index (χ4v) is 3.01. The molecule has 3 nitrogen and oxygen atoms in total. The maximum Gasteiger partial charge on any atom is 0.257 e. The first-order valence-corrected chi connectivity index (χ1v) is 8.31. The molecule has 0 spiro atoms. The third-order valence-corrected chi connectivity index (χ3v) is 4.17. The first-order valence-electron chi connectivity index (χ1n) is 6.82. The minimum absolute atomic E-state index is 0.196. The molecule has 0 fully saturated rings. The van der Waals surface area contributed by atoms with Gasteiger partial charge in [-0.2, -0.15) is 0 Å². The first-order chi connectivity index (χ1) is 10.4. The number of rotatable bonds is 2. The van der Waals surface area contributed by atoms with Crippen molar-refractivity contribution in [3.05, 3.63) is 62.2 Å². The molecule has 114 valence electrons. The number of aryl methyl sites for hydroxylation is 3. The molecule has 0 aliphatic heterocycles. The average molecular weight is 424 g/mol. The summed E-state index contributed by atoms with van der Waals surface area (Å²) in [6.07, 6.45) is 0. The van der Waals surface area contributed by atoms with Crippen LogP contribution in [0.2, 0.25) is 0 Å². The van der Waals surface area contributed by atoms with Gasteiger partial charge in [0.2, 0.25) is 0 Å². The second-order valence-corrected chi connectivity index (χ2v) is 6.84. The number of carbonyl (C=O) groups is 1. The van der Waals surface area contributed by atoms with Crippen LogP contribution in [0.5, 0.6) is 0 Å². The summed E-state index contributed by atoms with van der Waals surface area (Å²) in [5.41, 5.74) is 4.67. The van der Waals surface area contributed by atoms with E-state index in [0.717, 1.165) is 25.9 Å². The highest BCUT2D eigenvalue weighted by molar-refractivity contribution is 14.1. The summed E-state index contributed by atoms with van der Waals surface area (Å²) in [5.74, 6) is -0.196. The predicted octanol–water partition coefficient (Wildman–Crippen LogP) is 4.34. The number of carbonyl (C=O) groups excluding carboxylic acids is 1. The number of thiocarbonyl (C=S) groups is 1. The number of benzene rings is 2. The lowest BCUT2D eigenvalue weighted by atomic mass is 10.1. The normalized spacial score (nSPS) is 10.2. The van der Waals surface area contributed by atoms with Crippen molar-refractivity contribution < 1.29 is 4.79 Å². The molecule has 0 radical (unpaired) electrons. The van der Waals surface area contributed by atoms with Gasteiger partial charge >= 0.3 is 0 Å². The minimum Gasteiger partial charge on any atom is -0.332 e. The molecule has 2 N–H and O–H groups in total. The topological polar surface area (TPSA) is 41.1 Å². The molecule has 0 aromatic heterocycles. The summed E-state index contributed by atoms with van der Waals surface area (Å²) in [7, 11) is 0. The predicted molar refractivity (Wildman–Crippen MR) is 103 cm³/mol. The molecule has 0 bridgehead atoms. The summed E-state index contributed by atoms with van der Waals surface area (Å²) < 4.78 is 1.16. The average Bonchev–Trinajstić information content (AvgIpc) is 2.41. The molecule has 0 saturated carbocycles. The Balaban J connectivity index is 2.06. The lowest BCUT2D eigenvalue weighted by Crippen LogP contribution is -2.34. The van der Waals surface area contributed by atoms with Crippen molar-refractivity contribution in [1.82, 2.24) is 5.32 Å². The van der Waals surface area contributed by atoms with Crippen molar-refractivity contribution in [3.63, 3.8) is 0 Å². The highest BCUT2D eigenvalue weighted by Gasteiger charge is 2.11. The standard InChI is InChI=1S/C17H17IN2OS/c1-10-4-6-14(11(2)8-10)16(21)20-17(22)19-15-7-5-13(18)9-12(15)3/h4-9H,1-3H3,(H2,19,20,21,22). The third-order valence-electron chi connectivity index (χ3n) is 3.29. The number of anilines is 1. The van der Waals surface area contributed by atoms with Crippen LogP contribution < -0.4 is 10.6 Å². The number of hydrogen-bond acceptors (Lipinski definition) is 2. The van der Waals surface area contributed by atoms with E-state index in [2.05, 4.69) is 39.3 Å². The Morgan fingerprint density at radius 1 is 1.05 bits per heavy atom. The Morgan fingerprint density at radius 3 is 2.41 bits per heavy atom. The smallest absolute Gasteiger partial charge is 0.257 e. The molecule has 2 rings (SSSR count). The fourth-order valence-electron chi connectivity index (χ4n) is 2.16. The molecule has 1 amide bonds. The van der Waals surface area contributed by atoms with Gasteiger partial charge in [-0.1, -0.05) is 17.7 Å². The number of nitrogens with one attached hydrogen (secondary N) is 2. The van der Waals surface area contributed by atoms with Gasteiger partial charge in [0.15, 0.2) is 5.11 Å². The lowest BCUT2D eigenvalue weighted by Gasteiger charge is -2.13. The van der Waals surface area contributed by atoms with Crippen molar-refractivity contribution in [2.24, 2.45) is 0 Å². The maximum atomic E-state index is 12.3. The highest BCUT2D eigenvalue weighted by atomic mass is 127. The van der Waals surface area contributed by atoms with Crippen LogP contribution in [0.4, 0.5) is 5.69 Å². The van der Waals surface area contributed by atoms with E-state index < -0.39 is 0 Å². The van der Waals surface area contributed by atoms with Crippen LogP contribution in [0, 0.1) is 24.3 Å². The fraction of sp³-hybridized carbons (Fsp3) is 0.176. The molecule has 0 heterocycles. The molecular weight excluding hydrogens is 407 g/mol. The van der Waals surface area contributed by atoms with E-state index in [1.807, 2.05) is 51.1 Å². The zero-order chi connectivity index (χ0) is 16.3. The molecule has 2 aromatic carbocycles. The number of halogens is 1. The second-order valence-electron chi connectivity index (χ2n) is 5.19. The molecule has 5 heteroatoms. The largest absolute Gasteiger partial charge is 0.332 e. The Bertz CT molecular complexity index is 743. The van der Waals surface area contributed by atoms with Crippen LogP contribution in [0.25, 0.3) is 0 Å². The molecule has 0 aliphatic carbocycles. The minimum atomic E-state index is -0.196. The zero-order valence-electron chi connectivity index (χ0n) is 12.7. The van der Waals surface area contributed by atoms with E-state index in [1.165, 1.54) is 0 Å². The summed E-state index contributed by atoms with van der Waals surface area (Å²) in [6, 6.07) is 11.7. The Morgan fingerprint density at radius 2 is 1.77 bits per heavy atom. The van der Waals surface area contributed by atoms with Gasteiger partial charge in [0.05, 0.1) is 0 Å². The van der Waals surface area contributed by atoms with Crippen LogP contribution in [-0.2, 0) is 0 Å². The third kappa shape index (κ3) is 4.27. The van der Waals surface area contributed by atoms with E-state index >= 15 is 0 Å². The van der Waals surface area contributed by atoms with Gasteiger partial charge < -0.3 is 5.32 Å². The van der Waals surface area contributed by atoms with Crippen molar-refractivity contribution in [2.75, 3.05) is 5.32 Å². The van der Waals surface area contributed by atoms with Crippen LogP contribution in [0.15, 0.2) is 36.4 Å². The van der Waals surface area contributed by atoms with Gasteiger partial charge in [-0.05, 0) is 91.0 Å². The molecule has 0 unspecified atom stereocenters. The summed E-state index contributed by atoms with van der Waals surface area (Å²) in [5, 5.41) is 6.09. The maximum absolute atomic E-state index is 12.3. The second kappa shape index (κ2) is 7.19. The van der Waals surface area contributed by atoms with Gasteiger partial charge in [0, 0.05) is 14.8 Å². The zero-order valence-corrected chi connectivity index (χ0v) is 15.6. The SMILES string of the molecule is Cc1ccc(C(=O)NC(=S)Nc2ccc(I)cc2C)c(C)c1. The van der Waals surface area contributed by atoms with E-state index in [-0.39, 0.29) is 5.91 Å². The molecule has 22 heavy (non-hydrogen) atoms. The van der Waals surface area contributed by atoms with Gasteiger partial charge in [0.1, 0.15) is 0 Å². The molecule has 0 atom stereocenters. The van der Waals surface area contributed by atoms with Crippen LogP contribution in [0.3, 0.4) is 0 Å². The van der Waals surface area contributed by atoms with Crippen LogP contribution >= 0.6 is 34.8 Å². The molecular formula is C17H17IN2OS. The first kappa shape index (κ1) is 16.9. The van der Waals surface area contributed by atoms with Crippen molar-refractivity contribution >= 4 is 51.5 Å². The number of hydrogen-bond donors (Lipinski definition) is 2. The Hall–Kier alpha value is -1.47. The van der Waals surface area contributed by atoms with Gasteiger partial charge in [-0.25, -0.2) is 0 Å². The Kier molecular flexibility index (Phi) is 5.52. The summed E-state index contributed by atoms with van der Waals surface area (Å²) >= 11 is 7.49. The van der Waals surface area contributed by atoms with E-state index in [0.29, 0.717) is 10.7 Å². The molecule has 0 saturated heterocycles. The molecule has 0 aliphatic rings. The van der Waals surface area contributed by atoms with E-state index in [4.69, 9.17) is 12.2 Å². The van der Waals surface area contributed by atoms with Crippen LogP contribution in [-0.4, -0.2) is 11.0 Å². The van der Waals surface area contributed by atoms with Gasteiger partial charge in [0.25, 0.3) is 5.91 Å². The van der Waals surface area contributed by atoms with Crippen molar-refractivity contribution in [1.29, 1.82) is 0 Å². The highest BCUT2D eigenvalue weighted by Crippen LogP contribution is 2.17. The van der Waals surface area contributed by atoms with Gasteiger partial charge in [-0.15, -0.1) is 0 Å². The van der Waals surface area contributed by atoms with Crippen molar-refractivity contribution in [3.8, 4) is 0 Å². The monoisotopic (exact) mass is 424 g/mol. The quantitative estimate of drug-likeness (QED) is 0.557. The van der Waals surface area contributed by atoms with Gasteiger partial charge in [-0.3, -0.25) is 10.1 Å². The van der Waals surface area contributed by atoms with Crippen LogP contribution in [0.1, 0.15) is 27.0 Å². The van der Waals surface area contributed by atoms with Crippen molar-refractivity contribution in [2.45, 2.75) is 20.8 Å². The van der Waals surface area contributed by atoms with E-state index in [9.17, 15) is 4.79 Å². The summed E-state index contributed by atoms with van der Waals surface area (Å²) in [4.78, 5) is 12.3.